The molecule has 0 atom stereocenters. The first-order valence-electron chi connectivity index (χ1n) is 9.04. The molecule has 4 heteroatoms. The maximum absolute atomic E-state index is 2.48. The van der Waals surface area contributed by atoms with E-state index in [0.29, 0.717) is 0 Å². The third-order valence-corrected chi connectivity index (χ3v) is 5.37. The van der Waals surface area contributed by atoms with E-state index < -0.39 is 0 Å². The van der Waals surface area contributed by atoms with Gasteiger partial charge in [-0.1, -0.05) is 30.3 Å². The summed E-state index contributed by atoms with van der Waals surface area (Å²) in [5, 5.41) is 0. The lowest BCUT2D eigenvalue weighted by atomic mass is 9.89. The number of hydrogen-bond acceptors (Lipinski definition) is 0. The van der Waals surface area contributed by atoms with Crippen molar-refractivity contribution in [1.29, 1.82) is 0 Å². The normalized spacial score (nSPS) is 23.9. The second-order valence-electron chi connectivity index (χ2n) is 8.63. The SMILES string of the molecule is C[N+](C)(C)CCC[N+]1(C)CCC(CCc2ccccc2)CC1.[Br-].[Br-]. The zero-order valence-electron chi connectivity index (χ0n) is 16.0. The first-order chi connectivity index (χ1) is 10.4. The summed E-state index contributed by atoms with van der Waals surface area (Å²) in [7, 11) is 9.38. The summed E-state index contributed by atoms with van der Waals surface area (Å²) < 4.78 is 2.40. The van der Waals surface area contributed by atoms with Crippen molar-refractivity contribution in [3.05, 3.63) is 35.9 Å². The van der Waals surface area contributed by atoms with Gasteiger partial charge in [0.05, 0.1) is 54.4 Å². The van der Waals surface area contributed by atoms with Crippen LogP contribution in [-0.4, -0.2) is 63.3 Å². The Hall–Kier alpha value is 0.1000. The molecule has 1 heterocycles. The van der Waals surface area contributed by atoms with Crippen LogP contribution < -0.4 is 34.0 Å². The van der Waals surface area contributed by atoms with Crippen LogP contribution in [0.4, 0.5) is 0 Å². The van der Waals surface area contributed by atoms with Gasteiger partial charge in [0, 0.05) is 6.42 Å². The first-order valence-corrected chi connectivity index (χ1v) is 9.04. The van der Waals surface area contributed by atoms with Crippen molar-refractivity contribution in [2.75, 3.05) is 54.4 Å². The Kier molecular flexibility index (Phi) is 11.0. The van der Waals surface area contributed by atoms with Crippen LogP contribution in [0.1, 0.15) is 31.2 Å². The molecule has 140 valence electrons. The summed E-state index contributed by atoms with van der Waals surface area (Å²) in [5.74, 6) is 0.949. The molecule has 2 nitrogen and oxygen atoms in total. The van der Waals surface area contributed by atoms with E-state index in [1.165, 1.54) is 68.3 Å². The maximum Gasteiger partial charge on any atom is 0.0838 e. The van der Waals surface area contributed by atoms with Crippen LogP contribution in [0.3, 0.4) is 0 Å². The fourth-order valence-corrected chi connectivity index (χ4v) is 3.70. The highest BCUT2D eigenvalue weighted by Gasteiger charge is 2.29. The molecule has 0 N–H and O–H groups in total. The van der Waals surface area contributed by atoms with Crippen LogP contribution in [0.25, 0.3) is 0 Å². The van der Waals surface area contributed by atoms with E-state index in [0.717, 1.165) is 10.4 Å². The molecule has 1 aromatic rings. The average Bonchev–Trinajstić information content (AvgIpc) is 2.46. The molecule has 0 amide bonds. The van der Waals surface area contributed by atoms with Crippen LogP contribution >= 0.6 is 0 Å². The van der Waals surface area contributed by atoms with Crippen molar-refractivity contribution in [2.24, 2.45) is 5.92 Å². The first kappa shape index (κ1) is 24.1. The summed E-state index contributed by atoms with van der Waals surface area (Å²) in [6, 6.07) is 11.0. The summed E-state index contributed by atoms with van der Waals surface area (Å²) in [6.45, 7) is 5.43. The van der Waals surface area contributed by atoms with E-state index in [1.807, 2.05) is 0 Å². The van der Waals surface area contributed by atoms with Crippen molar-refractivity contribution in [3.8, 4) is 0 Å². The molecule has 0 bridgehead atoms. The van der Waals surface area contributed by atoms with E-state index in [9.17, 15) is 0 Å². The van der Waals surface area contributed by atoms with E-state index in [1.54, 1.807) is 0 Å². The lowest BCUT2D eigenvalue weighted by Crippen LogP contribution is -3.00. The van der Waals surface area contributed by atoms with Crippen LogP contribution in [-0.2, 0) is 6.42 Å². The second kappa shape index (κ2) is 10.9. The van der Waals surface area contributed by atoms with Gasteiger partial charge in [-0.15, -0.1) is 0 Å². The van der Waals surface area contributed by atoms with Gasteiger partial charge in [0.25, 0.3) is 0 Å². The van der Waals surface area contributed by atoms with E-state index in [4.69, 9.17) is 0 Å². The highest BCUT2D eigenvalue weighted by molar-refractivity contribution is 5.14. The average molecular weight is 464 g/mol. The third-order valence-electron chi connectivity index (χ3n) is 5.37. The Morgan fingerprint density at radius 2 is 1.58 bits per heavy atom. The lowest BCUT2D eigenvalue weighted by molar-refractivity contribution is -0.922. The Labute approximate surface area is 170 Å². The van der Waals surface area contributed by atoms with E-state index >= 15 is 0 Å². The fraction of sp³-hybridized carbons (Fsp3) is 0.700. The van der Waals surface area contributed by atoms with Gasteiger partial charge in [-0.05, 0) is 37.2 Å². The summed E-state index contributed by atoms with van der Waals surface area (Å²) >= 11 is 0. The highest BCUT2D eigenvalue weighted by atomic mass is 79.9. The molecule has 0 aromatic heterocycles. The predicted octanol–water partition coefficient (Wildman–Crippen LogP) is -2.42. The number of benzene rings is 1. The molecule has 1 aliphatic rings. The Morgan fingerprint density at radius 3 is 2.12 bits per heavy atom. The molecule has 1 fully saturated rings. The van der Waals surface area contributed by atoms with Gasteiger partial charge >= 0.3 is 0 Å². The molecule has 24 heavy (non-hydrogen) atoms. The highest BCUT2D eigenvalue weighted by Crippen LogP contribution is 2.26. The number of nitrogens with zero attached hydrogens (tertiary/aromatic N) is 2. The van der Waals surface area contributed by atoms with Crippen LogP contribution in [0, 0.1) is 5.92 Å². The largest absolute Gasteiger partial charge is 1.00 e. The fourth-order valence-electron chi connectivity index (χ4n) is 3.70. The van der Waals surface area contributed by atoms with Crippen molar-refractivity contribution >= 4 is 0 Å². The van der Waals surface area contributed by atoms with E-state index in [2.05, 4.69) is 58.5 Å². The number of aryl methyl sites for hydroxylation is 1. The van der Waals surface area contributed by atoms with Gasteiger partial charge in [-0.3, -0.25) is 0 Å². The number of hydrogen-bond donors (Lipinski definition) is 0. The zero-order valence-corrected chi connectivity index (χ0v) is 19.2. The maximum atomic E-state index is 2.48. The van der Waals surface area contributed by atoms with Gasteiger partial charge in [0.1, 0.15) is 0 Å². The third kappa shape index (κ3) is 8.98. The molecule has 2 rings (SSSR count). The van der Waals surface area contributed by atoms with E-state index in [-0.39, 0.29) is 34.0 Å². The summed E-state index contributed by atoms with van der Waals surface area (Å²) in [6.07, 6.45) is 6.84. The van der Waals surface area contributed by atoms with Crippen LogP contribution in [0.5, 0.6) is 0 Å². The second-order valence-corrected chi connectivity index (χ2v) is 8.63. The molecule has 0 aliphatic carbocycles. The Morgan fingerprint density at radius 1 is 1.00 bits per heavy atom. The Balaban J connectivity index is 0.00000264. The predicted molar refractivity (Wildman–Crippen MR) is 95.8 cm³/mol. The van der Waals surface area contributed by atoms with Crippen molar-refractivity contribution in [3.63, 3.8) is 0 Å². The van der Waals surface area contributed by atoms with Crippen molar-refractivity contribution in [2.45, 2.75) is 32.1 Å². The number of rotatable bonds is 7. The minimum atomic E-state index is 0. The van der Waals surface area contributed by atoms with Crippen molar-refractivity contribution in [1.82, 2.24) is 0 Å². The lowest BCUT2D eigenvalue weighted by Gasteiger charge is -2.41. The monoisotopic (exact) mass is 462 g/mol. The molecule has 1 aromatic carbocycles. The number of piperidine rings is 1. The molecular formula is C20H36Br2N2. The quantitative estimate of drug-likeness (QED) is 0.395. The number of quaternary nitrogens is 2. The minimum absolute atomic E-state index is 0. The van der Waals surface area contributed by atoms with Crippen LogP contribution in [0.15, 0.2) is 30.3 Å². The molecule has 1 aliphatic heterocycles. The van der Waals surface area contributed by atoms with Gasteiger partial charge in [-0.25, -0.2) is 0 Å². The molecule has 1 saturated heterocycles. The number of likely N-dealkylation sites (tertiary alicyclic amines) is 1. The van der Waals surface area contributed by atoms with Gasteiger partial charge < -0.3 is 42.9 Å². The van der Waals surface area contributed by atoms with Gasteiger partial charge in [0.2, 0.25) is 0 Å². The standard InChI is InChI=1S/C20H36N2.2BrH/c1-21(2,3)15-8-16-22(4)17-13-20(14-18-22)12-11-19-9-6-5-7-10-19;;/h5-7,9-10,20H,8,11-18H2,1-4H3;2*1H/q+2;;/p-2. The summed E-state index contributed by atoms with van der Waals surface area (Å²) in [5.41, 5.74) is 1.51. The minimum Gasteiger partial charge on any atom is -1.00 e. The summed E-state index contributed by atoms with van der Waals surface area (Å²) in [4.78, 5) is 0. The van der Waals surface area contributed by atoms with Crippen LogP contribution in [0.2, 0.25) is 0 Å². The van der Waals surface area contributed by atoms with Gasteiger partial charge in [-0.2, -0.15) is 0 Å². The molecule has 0 unspecified atom stereocenters. The molecule has 0 saturated carbocycles. The molecular weight excluding hydrogens is 428 g/mol. The topological polar surface area (TPSA) is 0 Å². The molecule has 0 radical (unpaired) electrons. The van der Waals surface area contributed by atoms with Crippen molar-refractivity contribution < 1.29 is 42.9 Å². The number of halogens is 2. The zero-order chi connectivity index (χ0) is 16.1. The Bertz CT molecular complexity index is 435. The van der Waals surface area contributed by atoms with Gasteiger partial charge in [0.15, 0.2) is 0 Å². The smallest absolute Gasteiger partial charge is 0.0838 e. The molecule has 0 spiro atoms.